The van der Waals surface area contributed by atoms with Gasteiger partial charge in [-0.15, -0.1) is 0 Å². The summed E-state index contributed by atoms with van der Waals surface area (Å²) in [5, 5.41) is 7.38. The van der Waals surface area contributed by atoms with Crippen LogP contribution in [0.15, 0.2) is 0 Å². The van der Waals surface area contributed by atoms with E-state index in [0.717, 1.165) is 24.6 Å². The summed E-state index contributed by atoms with van der Waals surface area (Å²) in [7, 11) is 0. The molecule has 0 saturated heterocycles. The zero-order valence-electron chi connectivity index (χ0n) is 10.7. The summed E-state index contributed by atoms with van der Waals surface area (Å²) in [6.45, 7) is 7.25. The van der Waals surface area contributed by atoms with Crippen LogP contribution in [0, 0.1) is 13.8 Å². The number of hydrogen-bond acceptors (Lipinski definition) is 4. The van der Waals surface area contributed by atoms with Crippen LogP contribution in [0.4, 0.5) is 0 Å². The van der Waals surface area contributed by atoms with Gasteiger partial charge in [-0.25, -0.2) is 4.98 Å². The van der Waals surface area contributed by atoms with Crippen LogP contribution in [-0.4, -0.2) is 33.3 Å². The molecule has 6 nitrogen and oxygen atoms in total. The van der Waals surface area contributed by atoms with E-state index < -0.39 is 0 Å². The Hall–Kier alpha value is -1.43. The van der Waals surface area contributed by atoms with E-state index in [2.05, 4.69) is 22.3 Å². The fourth-order valence-corrected chi connectivity index (χ4v) is 1.69. The number of hydrogen-bond donors (Lipinski definition) is 2. The molecule has 0 fully saturated rings. The molecule has 1 aromatic rings. The van der Waals surface area contributed by atoms with Crippen LogP contribution in [0.2, 0.25) is 0 Å². The van der Waals surface area contributed by atoms with Crippen molar-refractivity contribution in [3.05, 3.63) is 11.6 Å². The van der Waals surface area contributed by atoms with Gasteiger partial charge in [0.15, 0.2) is 0 Å². The minimum Gasteiger partial charge on any atom is -0.368 e. The first-order valence-corrected chi connectivity index (χ1v) is 5.95. The molecule has 1 rings (SSSR count). The molecule has 0 aliphatic rings. The highest BCUT2D eigenvalue weighted by Gasteiger charge is 2.14. The molecule has 0 aliphatic carbocycles. The Labute approximate surface area is 102 Å². The highest BCUT2D eigenvalue weighted by Crippen LogP contribution is 2.00. The molecule has 1 heterocycles. The highest BCUT2D eigenvalue weighted by molar-refractivity contribution is 5.79. The third-order valence-corrected chi connectivity index (χ3v) is 2.58. The topological polar surface area (TPSA) is 85.8 Å². The average Bonchev–Trinajstić information content (AvgIpc) is 2.57. The molecule has 17 heavy (non-hydrogen) atoms. The zero-order valence-corrected chi connectivity index (χ0v) is 10.7. The van der Waals surface area contributed by atoms with Crippen molar-refractivity contribution >= 4 is 5.91 Å². The van der Waals surface area contributed by atoms with E-state index in [9.17, 15) is 4.79 Å². The maximum absolute atomic E-state index is 11.2. The van der Waals surface area contributed by atoms with E-state index >= 15 is 0 Å². The largest absolute Gasteiger partial charge is 0.368 e. The predicted molar refractivity (Wildman–Crippen MR) is 65.4 cm³/mol. The monoisotopic (exact) mass is 239 g/mol. The van der Waals surface area contributed by atoms with Gasteiger partial charge in [-0.1, -0.05) is 6.92 Å². The number of nitrogens with zero attached hydrogens (tertiary/aromatic N) is 3. The maximum atomic E-state index is 11.2. The molecule has 0 spiro atoms. The van der Waals surface area contributed by atoms with Crippen molar-refractivity contribution in [1.29, 1.82) is 0 Å². The van der Waals surface area contributed by atoms with Gasteiger partial charge < -0.3 is 11.1 Å². The number of aromatic nitrogens is 3. The normalized spacial score (nSPS) is 12.6. The van der Waals surface area contributed by atoms with E-state index in [4.69, 9.17) is 5.73 Å². The van der Waals surface area contributed by atoms with Crippen LogP contribution >= 0.6 is 0 Å². The van der Waals surface area contributed by atoms with Gasteiger partial charge in [0.2, 0.25) is 5.91 Å². The lowest BCUT2D eigenvalue weighted by atomic mass is 10.2. The molecule has 1 unspecified atom stereocenters. The Bertz CT molecular complexity index is 374. The van der Waals surface area contributed by atoms with Gasteiger partial charge in [-0.2, -0.15) is 5.10 Å². The number of amides is 1. The SMILES string of the molecule is CCCNC(CCn1nc(C)nc1C)C(N)=O. The van der Waals surface area contributed by atoms with Crippen molar-refractivity contribution in [1.82, 2.24) is 20.1 Å². The Kier molecular flexibility index (Phi) is 5.09. The van der Waals surface area contributed by atoms with Crippen LogP contribution in [0.25, 0.3) is 0 Å². The Morgan fingerprint density at radius 2 is 2.24 bits per heavy atom. The van der Waals surface area contributed by atoms with Gasteiger partial charge in [0.1, 0.15) is 11.6 Å². The molecular formula is C11H21N5O. The number of aryl methyl sites for hydroxylation is 3. The molecule has 3 N–H and O–H groups in total. The van der Waals surface area contributed by atoms with E-state index in [1.165, 1.54) is 0 Å². The molecule has 0 aromatic carbocycles. The van der Waals surface area contributed by atoms with Crippen LogP contribution < -0.4 is 11.1 Å². The fourth-order valence-electron chi connectivity index (χ4n) is 1.69. The first kappa shape index (κ1) is 13.6. The molecule has 1 atom stereocenters. The molecule has 0 radical (unpaired) electrons. The van der Waals surface area contributed by atoms with Gasteiger partial charge in [-0.05, 0) is 33.2 Å². The molecule has 6 heteroatoms. The zero-order chi connectivity index (χ0) is 12.8. The summed E-state index contributed by atoms with van der Waals surface area (Å²) in [6, 6.07) is -0.293. The first-order chi connectivity index (χ1) is 8.04. The summed E-state index contributed by atoms with van der Waals surface area (Å²) < 4.78 is 1.80. The van der Waals surface area contributed by atoms with Crippen molar-refractivity contribution < 1.29 is 4.79 Å². The Balaban J connectivity index is 2.51. The van der Waals surface area contributed by atoms with Gasteiger partial charge >= 0.3 is 0 Å². The van der Waals surface area contributed by atoms with Gasteiger partial charge in [0.05, 0.1) is 6.04 Å². The third-order valence-electron chi connectivity index (χ3n) is 2.58. The summed E-state index contributed by atoms with van der Waals surface area (Å²) >= 11 is 0. The minimum absolute atomic E-state index is 0.293. The lowest BCUT2D eigenvalue weighted by Gasteiger charge is -2.14. The number of carbonyl (C=O) groups excluding carboxylic acids is 1. The van der Waals surface area contributed by atoms with E-state index in [0.29, 0.717) is 13.0 Å². The fraction of sp³-hybridized carbons (Fsp3) is 0.727. The first-order valence-electron chi connectivity index (χ1n) is 5.95. The van der Waals surface area contributed by atoms with Gasteiger partial charge in [0.25, 0.3) is 0 Å². The number of rotatable bonds is 7. The van der Waals surface area contributed by atoms with Crippen molar-refractivity contribution in [2.75, 3.05) is 6.54 Å². The van der Waals surface area contributed by atoms with E-state index in [-0.39, 0.29) is 11.9 Å². The van der Waals surface area contributed by atoms with E-state index in [1.54, 1.807) is 4.68 Å². The highest BCUT2D eigenvalue weighted by atomic mass is 16.1. The second-order valence-electron chi connectivity index (χ2n) is 4.13. The number of primary amides is 1. The van der Waals surface area contributed by atoms with Crippen LogP contribution in [0.5, 0.6) is 0 Å². The van der Waals surface area contributed by atoms with E-state index in [1.807, 2.05) is 13.8 Å². The smallest absolute Gasteiger partial charge is 0.234 e. The second-order valence-corrected chi connectivity index (χ2v) is 4.13. The predicted octanol–water partition coefficient (Wildman–Crippen LogP) is 0.139. The molecule has 96 valence electrons. The van der Waals surface area contributed by atoms with Gasteiger partial charge in [0, 0.05) is 6.54 Å². The molecule has 1 aromatic heterocycles. The molecular weight excluding hydrogens is 218 g/mol. The van der Waals surface area contributed by atoms with Crippen LogP contribution in [0.1, 0.15) is 31.4 Å². The second kappa shape index (κ2) is 6.34. The molecule has 0 bridgehead atoms. The average molecular weight is 239 g/mol. The molecule has 1 amide bonds. The Morgan fingerprint density at radius 3 is 2.71 bits per heavy atom. The van der Waals surface area contributed by atoms with Crippen LogP contribution in [0.3, 0.4) is 0 Å². The quantitative estimate of drug-likeness (QED) is 0.708. The number of nitrogens with one attached hydrogen (secondary N) is 1. The summed E-state index contributed by atoms with van der Waals surface area (Å²) in [5.74, 6) is 1.30. The molecule has 0 aliphatic heterocycles. The van der Waals surface area contributed by atoms with Crippen molar-refractivity contribution in [2.45, 2.75) is 46.2 Å². The lowest BCUT2D eigenvalue weighted by Crippen LogP contribution is -2.42. The number of nitrogens with two attached hydrogens (primary N) is 1. The Morgan fingerprint density at radius 1 is 1.53 bits per heavy atom. The summed E-state index contributed by atoms with van der Waals surface area (Å²) in [5.41, 5.74) is 5.34. The van der Waals surface area contributed by atoms with Crippen molar-refractivity contribution in [3.63, 3.8) is 0 Å². The number of carbonyl (C=O) groups is 1. The summed E-state index contributed by atoms with van der Waals surface area (Å²) in [6.07, 6.45) is 1.62. The standard InChI is InChI=1S/C11H21N5O/c1-4-6-13-10(11(12)17)5-7-16-9(3)14-8(2)15-16/h10,13H,4-7H2,1-3H3,(H2,12,17). The van der Waals surface area contributed by atoms with Gasteiger partial charge in [-0.3, -0.25) is 9.48 Å². The summed E-state index contributed by atoms with van der Waals surface area (Å²) in [4.78, 5) is 15.4. The lowest BCUT2D eigenvalue weighted by molar-refractivity contribution is -0.120. The third kappa shape index (κ3) is 4.14. The molecule has 0 saturated carbocycles. The van der Waals surface area contributed by atoms with Crippen LogP contribution in [-0.2, 0) is 11.3 Å². The van der Waals surface area contributed by atoms with Crippen molar-refractivity contribution in [2.24, 2.45) is 5.73 Å². The minimum atomic E-state index is -0.312. The van der Waals surface area contributed by atoms with Crippen molar-refractivity contribution in [3.8, 4) is 0 Å². The maximum Gasteiger partial charge on any atom is 0.234 e.